The number of nitrogens with one attached hydrogen (secondary N) is 1. The minimum absolute atomic E-state index is 0.619. The fourth-order valence-corrected chi connectivity index (χ4v) is 2.41. The summed E-state index contributed by atoms with van der Waals surface area (Å²) in [6.07, 6.45) is 0. The lowest BCUT2D eigenvalue weighted by atomic mass is 10.3. The molecule has 0 bridgehead atoms. The Hall–Kier alpha value is -0.870. The van der Waals surface area contributed by atoms with Gasteiger partial charge < -0.3 is 10.1 Å². The molecular formula is C11H17NO2S. The van der Waals surface area contributed by atoms with Gasteiger partial charge in [0, 0.05) is 12.3 Å². The summed E-state index contributed by atoms with van der Waals surface area (Å²) < 4.78 is 17.0. The van der Waals surface area contributed by atoms with Crippen LogP contribution >= 0.6 is 0 Å². The zero-order valence-electron chi connectivity index (χ0n) is 9.16. The SMILES string of the molecule is CCNCCS(=O)c1ccccc1OC. The fraction of sp³-hybridized carbons (Fsp3) is 0.455. The zero-order chi connectivity index (χ0) is 11.1. The third-order valence-electron chi connectivity index (χ3n) is 2.03. The van der Waals surface area contributed by atoms with Crippen molar-refractivity contribution >= 4 is 10.8 Å². The first kappa shape index (κ1) is 12.2. The summed E-state index contributed by atoms with van der Waals surface area (Å²) in [6, 6.07) is 7.44. The van der Waals surface area contributed by atoms with Crippen LogP contribution in [0.4, 0.5) is 0 Å². The summed E-state index contributed by atoms with van der Waals surface area (Å²) in [7, 11) is 0.614. The van der Waals surface area contributed by atoms with E-state index >= 15 is 0 Å². The highest BCUT2D eigenvalue weighted by molar-refractivity contribution is 7.85. The molecule has 1 N–H and O–H groups in total. The summed E-state index contributed by atoms with van der Waals surface area (Å²) in [4.78, 5) is 0.776. The first-order valence-corrected chi connectivity index (χ1v) is 6.33. The van der Waals surface area contributed by atoms with Gasteiger partial charge in [-0.1, -0.05) is 19.1 Å². The smallest absolute Gasteiger partial charge is 0.134 e. The Labute approximate surface area is 93.3 Å². The highest BCUT2D eigenvalue weighted by Gasteiger charge is 2.08. The standard InChI is InChI=1S/C11H17NO2S/c1-3-12-8-9-15(13)11-7-5-4-6-10(11)14-2/h4-7,12H,3,8-9H2,1-2H3. The molecule has 0 saturated heterocycles. The summed E-state index contributed by atoms with van der Waals surface area (Å²) in [6.45, 7) is 3.70. The molecule has 0 radical (unpaired) electrons. The lowest BCUT2D eigenvalue weighted by Crippen LogP contribution is -2.20. The Morgan fingerprint density at radius 2 is 2.13 bits per heavy atom. The van der Waals surface area contributed by atoms with Gasteiger partial charge in [0.15, 0.2) is 0 Å². The van der Waals surface area contributed by atoms with Crippen molar-refractivity contribution in [2.24, 2.45) is 0 Å². The van der Waals surface area contributed by atoms with Crippen LogP contribution in [0.1, 0.15) is 6.92 Å². The van der Waals surface area contributed by atoms with E-state index in [4.69, 9.17) is 4.74 Å². The van der Waals surface area contributed by atoms with Gasteiger partial charge in [-0.25, -0.2) is 0 Å². The van der Waals surface area contributed by atoms with E-state index in [-0.39, 0.29) is 0 Å². The molecule has 15 heavy (non-hydrogen) atoms. The molecule has 0 aromatic heterocycles. The number of rotatable bonds is 6. The molecule has 84 valence electrons. The Morgan fingerprint density at radius 3 is 2.80 bits per heavy atom. The van der Waals surface area contributed by atoms with Crippen molar-refractivity contribution < 1.29 is 8.95 Å². The largest absolute Gasteiger partial charge is 0.495 e. The normalized spacial score (nSPS) is 12.4. The third kappa shape index (κ3) is 3.64. The van der Waals surface area contributed by atoms with Gasteiger partial charge in [-0.3, -0.25) is 4.21 Å². The first-order chi connectivity index (χ1) is 7.29. The minimum Gasteiger partial charge on any atom is -0.495 e. The molecule has 0 aliphatic heterocycles. The number of hydrogen-bond donors (Lipinski definition) is 1. The average molecular weight is 227 g/mol. The van der Waals surface area contributed by atoms with Gasteiger partial charge in [0.1, 0.15) is 5.75 Å². The lowest BCUT2D eigenvalue weighted by molar-refractivity contribution is 0.404. The van der Waals surface area contributed by atoms with Crippen LogP contribution in [0.25, 0.3) is 0 Å². The maximum Gasteiger partial charge on any atom is 0.134 e. The molecule has 1 aromatic rings. The zero-order valence-corrected chi connectivity index (χ0v) is 9.97. The van der Waals surface area contributed by atoms with Crippen molar-refractivity contribution in [2.45, 2.75) is 11.8 Å². The molecule has 0 aliphatic rings. The van der Waals surface area contributed by atoms with E-state index < -0.39 is 10.8 Å². The second-order valence-electron chi connectivity index (χ2n) is 3.05. The predicted molar refractivity (Wildman–Crippen MR) is 62.8 cm³/mol. The van der Waals surface area contributed by atoms with Crippen LogP contribution in [-0.4, -0.2) is 30.2 Å². The van der Waals surface area contributed by atoms with Crippen molar-refractivity contribution in [3.63, 3.8) is 0 Å². The number of hydrogen-bond acceptors (Lipinski definition) is 3. The maximum absolute atomic E-state index is 11.9. The molecule has 0 amide bonds. The van der Waals surface area contributed by atoms with Crippen LogP contribution in [-0.2, 0) is 10.8 Å². The lowest BCUT2D eigenvalue weighted by Gasteiger charge is -2.07. The Morgan fingerprint density at radius 1 is 1.40 bits per heavy atom. The average Bonchev–Trinajstić information content (AvgIpc) is 2.29. The van der Waals surface area contributed by atoms with E-state index in [2.05, 4.69) is 5.32 Å². The quantitative estimate of drug-likeness (QED) is 0.747. The van der Waals surface area contributed by atoms with E-state index in [0.717, 1.165) is 18.0 Å². The first-order valence-electron chi connectivity index (χ1n) is 5.01. The van der Waals surface area contributed by atoms with Gasteiger partial charge in [-0.15, -0.1) is 0 Å². The van der Waals surface area contributed by atoms with Crippen molar-refractivity contribution in [2.75, 3.05) is 26.0 Å². The Kier molecular flexibility index (Phi) is 5.36. The number of ether oxygens (including phenoxy) is 1. The van der Waals surface area contributed by atoms with Crippen LogP contribution in [0.15, 0.2) is 29.2 Å². The molecule has 0 fully saturated rings. The summed E-state index contributed by atoms with van der Waals surface area (Å²) in [5, 5.41) is 3.15. The minimum atomic E-state index is -0.984. The maximum atomic E-state index is 11.9. The molecule has 1 aromatic carbocycles. The second kappa shape index (κ2) is 6.58. The van der Waals surface area contributed by atoms with Gasteiger partial charge >= 0.3 is 0 Å². The predicted octanol–water partition coefficient (Wildman–Crippen LogP) is 1.41. The van der Waals surface area contributed by atoms with E-state index in [1.54, 1.807) is 7.11 Å². The molecular weight excluding hydrogens is 210 g/mol. The number of methoxy groups -OCH3 is 1. The molecule has 0 spiro atoms. The summed E-state index contributed by atoms with van der Waals surface area (Å²) in [5.74, 6) is 1.32. The van der Waals surface area contributed by atoms with Crippen molar-refractivity contribution in [1.29, 1.82) is 0 Å². The molecule has 0 saturated carbocycles. The fourth-order valence-electron chi connectivity index (χ4n) is 1.26. The van der Waals surface area contributed by atoms with Gasteiger partial charge in [0.25, 0.3) is 0 Å². The van der Waals surface area contributed by atoms with Crippen molar-refractivity contribution in [1.82, 2.24) is 5.32 Å². The molecule has 1 atom stereocenters. The molecule has 0 aliphatic carbocycles. The van der Waals surface area contributed by atoms with E-state index in [9.17, 15) is 4.21 Å². The van der Waals surface area contributed by atoms with E-state index in [1.165, 1.54) is 0 Å². The Bertz CT molecular complexity index is 328. The van der Waals surface area contributed by atoms with Gasteiger partial charge in [-0.05, 0) is 18.7 Å². The number of benzene rings is 1. The third-order valence-corrected chi connectivity index (χ3v) is 3.43. The molecule has 1 unspecified atom stereocenters. The van der Waals surface area contributed by atoms with Gasteiger partial charge in [0.2, 0.25) is 0 Å². The molecule has 0 heterocycles. The van der Waals surface area contributed by atoms with Gasteiger partial charge in [0.05, 0.1) is 22.8 Å². The van der Waals surface area contributed by atoms with E-state index in [0.29, 0.717) is 11.5 Å². The molecule has 3 nitrogen and oxygen atoms in total. The van der Waals surface area contributed by atoms with Crippen molar-refractivity contribution in [3.05, 3.63) is 24.3 Å². The van der Waals surface area contributed by atoms with Crippen LogP contribution in [0.3, 0.4) is 0 Å². The van der Waals surface area contributed by atoms with Crippen LogP contribution in [0.2, 0.25) is 0 Å². The summed E-state index contributed by atoms with van der Waals surface area (Å²) in [5.41, 5.74) is 0. The van der Waals surface area contributed by atoms with Crippen molar-refractivity contribution in [3.8, 4) is 5.75 Å². The topological polar surface area (TPSA) is 38.3 Å². The second-order valence-corrected chi connectivity index (χ2v) is 4.59. The Balaban J connectivity index is 2.64. The molecule has 1 rings (SSSR count). The highest BCUT2D eigenvalue weighted by Crippen LogP contribution is 2.20. The molecule has 4 heteroatoms. The monoisotopic (exact) mass is 227 g/mol. The van der Waals surface area contributed by atoms with Crippen LogP contribution < -0.4 is 10.1 Å². The highest BCUT2D eigenvalue weighted by atomic mass is 32.2. The summed E-state index contributed by atoms with van der Waals surface area (Å²) >= 11 is 0. The van der Waals surface area contributed by atoms with Crippen LogP contribution in [0.5, 0.6) is 5.75 Å². The van der Waals surface area contributed by atoms with Gasteiger partial charge in [-0.2, -0.15) is 0 Å². The van der Waals surface area contributed by atoms with E-state index in [1.807, 2.05) is 31.2 Å². The van der Waals surface area contributed by atoms with Crippen LogP contribution in [0, 0.1) is 0 Å². The number of para-hydroxylation sites is 1.